The molecule has 1 rings (SSSR count). The van der Waals surface area contributed by atoms with Crippen LogP contribution in [0.4, 0.5) is 0 Å². The van der Waals surface area contributed by atoms with Gasteiger partial charge in [-0.1, -0.05) is 12.1 Å². The lowest BCUT2D eigenvalue weighted by atomic mass is 10.0. The van der Waals surface area contributed by atoms with Crippen molar-refractivity contribution in [2.24, 2.45) is 5.73 Å². The molecular weight excluding hydrogens is 368 g/mol. The number of ether oxygens (including phenoxy) is 2. The molecule has 9 heteroatoms. The summed E-state index contributed by atoms with van der Waals surface area (Å²) in [7, 11) is 3.18. The van der Waals surface area contributed by atoms with Crippen molar-refractivity contribution in [2.45, 2.75) is 38.8 Å². The molecule has 0 bridgehead atoms. The maximum absolute atomic E-state index is 12.8. The number of esters is 2. The standard InChI is InChI=1S/C19H26N2O7/c1-12(22)27-15-7-5-14(6-8-15)9-17(20)19(26)21(3,4)11-16(10-18(24)25)28-13(2)23/h5-8,16-17H,9-11,20H2,1-4H3/p+1. The highest BCUT2D eigenvalue weighted by molar-refractivity contribution is 5.75. The van der Waals surface area contributed by atoms with Gasteiger partial charge in [-0.15, -0.1) is 0 Å². The molecule has 0 spiro atoms. The van der Waals surface area contributed by atoms with E-state index in [-0.39, 0.29) is 23.4 Å². The van der Waals surface area contributed by atoms with Crippen LogP contribution < -0.4 is 10.5 Å². The highest BCUT2D eigenvalue weighted by Crippen LogP contribution is 2.15. The van der Waals surface area contributed by atoms with Crippen LogP contribution in [-0.2, 0) is 30.3 Å². The zero-order valence-corrected chi connectivity index (χ0v) is 16.5. The molecule has 0 aliphatic carbocycles. The monoisotopic (exact) mass is 395 g/mol. The topological polar surface area (TPSA) is 133 Å². The lowest BCUT2D eigenvalue weighted by Gasteiger charge is -2.32. The van der Waals surface area contributed by atoms with Crippen molar-refractivity contribution in [3.8, 4) is 5.75 Å². The van der Waals surface area contributed by atoms with Crippen LogP contribution in [0, 0.1) is 0 Å². The Hall–Kier alpha value is -2.78. The first-order chi connectivity index (χ1) is 12.9. The van der Waals surface area contributed by atoms with E-state index in [2.05, 4.69) is 0 Å². The molecule has 9 nitrogen and oxygen atoms in total. The molecule has 0 radical (unpaired) electrons. The molecule has 0 fully saturated rings. The van der Waals surface area contributed by atoms with E-state index in [1.807, 2.05) is 0 Å². The maximum atomic E-state index is 12.8. The van der Waals surface area contributed by atoms with E-state index >= 15 is 0 Å². The number of benzene rings is 1. The Morgan fingerprint density at radius 3 is 2.11 bits per heavy atom. The van der Waals surface area contributed by atoms with Crippen molar-refractivity contribution in [3.63, 3.8) is 0 Å². The van der Waals surface area contributed by atoms with E-state index in [0.29, 0.717) is 5.75 Å². The third-order valence-corrected chi connectivity index (χ3v) is 3.95. The van der Waals surface area contributed by atoms with E-state index < -0.39 is 36.5 Å². The van der Waals surface area contributed by atoms with E-state index in [1.165, 1.54) is 13.8 Å². The molecule has 1 aromatic carbocycles. The Labute approximate surface area is 163 Å². The lowest BCUT2D eigenvalue weighted by Crippen LogP contribution is -2.57. The molecule has 0 saturated carbocycles. The molecule has 1 aromatic rings. The van der Waals surface area contributed by atoms with Crippen LogP contribution in [0.1, 0.15) is 25.8 Å². The molecule has 28 heavy (non-hydrogen) atoms. The zero-order chi connectivity index (χ0) is 21.5. The number of likely N-dealkylation sites (N-methyl/N-ethyl adjacent to an activating group) is 1. The van der Waals surface area contributed by atoms with Gasteiger partial charge in [0, 0.05) is 20.3 Å². The normalized spacial score (nSPS) is 13.3. The predicted molar refractivity (Wildman–Crippen MR) is 99.2 cm³/mol. The molecule has 1 amide bonds. The van der Waals surface area contributed by atoms with Gasteiger partial charge in [0.2, 0.25) is 0 Å². The number of carboxylic acid groups (broad SMARTS) is 1. The van der Waals surface area contributed by atoms with E-state index in [9.17, 15) is 19.2 Å². The molecule has 0 aliphatic heterocycles. The van der Waals surface area contributed by atoms with Gasteiger partial charge in [0.25, 0.3) is 0 Å². The quantitative estimate of drug-likeness (QED) is 0.351. The average Bonchev–Trinajstić information content (AvgIpc) is 2.53. The summed E-state index contributed by atoms with van der Waals surface area (Å²) in [6.45, 7) is 2.47. The van der Waals surface area contributed by atoms with Crippen LogP contribution in [0.2, 0.25) is 0 Å². The van der Waals surface area contributed by atoms with Crippen LogP contribution in [0.3, 0.4) is 0 Å². The van der Waals surface area contributed by atoms with Crippen LogP contribution in [0.15, 0.2) is 24.3 Å². The number of amides is 1. The second-order valence-electron chi connectivity index (χ2n) is 7.08. The van der Waals surface area contributed by atoms with E-state index in [4.69, 9.17) is 20.3 Å². The predicted octanol–water partition coefficient (Wildman–Crippen LogP) is 0.491. The van der Waals surface area contributed by atoms with Gasteiger partial charge >= 0.3 is 23.8 Å². The fourth-order valence-electron chi connectivity index (χ4n) is 2.82. The van der Waals surface area contributed by atoms with Gasteiger partial charge in [0.05, 0.1) is 20.5 Å². The van der Waals surface area contributed by atoms with Gasteiger partial charge in [0.1, 0.15) is 18.3 Å². The minimum atomic E-state index is -1.13. The number of rotatable bonds is 9. The maximum Gasteiger partial charge on any atom is 0.330 e. The largest absolute Gasteiger partial charge is 0.481 e. The van der Waals surface area contributed by atoms with Crippen molar-refractivity contribution >= 4 is 23.8 Å². The fourth-order valence-corrected chi connectivity index (χ4v) is 2.82. The Kier molecular flexibility index (Phi) is 8.27. The minimum absolute atomic E-state index is 0.0101. The number of carboxylic acids is 1. The van der Waals surface area contributed by atoms with Crippen molar-refractivity contribution in [2.75, 3.05) is 20.6 Å². The van der Waals surface area contributed by atoms with Crippen molar-refractivity contribution in [3.05, 3.63) is 29.8 Å². The molecule has 154 valence electrons. The number of quaternary nitrogens is 1. The Morgan fingerprint density at radius 2 is 1.64 bits per heavy atom. The number of hydrogen-bond acceptors (Lipinski definition) is 7. The van der Waals surface area contributed by atoms with E-state index in [1.54, 1.807) is 38.4 Å². The number of carbonyl (C=O) groups is 4. The van der Waals surface area contributed by atoms with Gasteiger partial charge < -0.3 is 20.3 Å². The molecule has 0 heterocycles. The molecular formula is C19H27N2O7+. The molecule has 2 unspecified atom stereocenters. The molecule has 0 aromatic heterocycles. The summed E-state index contributed by atoms with van der Waals surface area (Å²) >= 11 is 0. The van der Waals surface area contributed by atoms with Gasteiger partial charge in [-0.2, -0.15) is 0 Å². The summed E-state index contributed by atoms with van der Waals surface area (Å²) in [5, 5.41) is 8.97. The number of nitrogens with zero attached hydrogens (tertiary/aromatic N) is 1. The minimum Gasteiger partial charge on any atom is -0.481 e. The number of aliphatic carboxylic acids is 1. The molecule has 2 atom stereocenters. The smallest absolute Gasteiger partial charge is 0.330 e. The summed E-state index contributed by atoms with van der Waals surface area (Å²) < 4.78 is 9.74. The van der Waals surface area contributed by atoms with Crippen LogP contribution >= 0.6 is 0 Å². The van der Waals surface area contributed by atoms with Crippen LogP contribution in [0.25, 0.3) is 0 Å². The summed E-state index contributed by atoms with van der Waals surface area (Å²) in [4.78, 5) is 45.9. The van der Waals surface area contributed by atoms with Crippen molar-refractivity contribution in [1.82, 2.24) is 0 Å². The van der Waals surface area contributed by atoms with Gasteiger partial charge in [0.15, 0.2) is 6.10 Å². The summed E-state index contributed by atoms with van der Waals surface area (Å²) in [6.07, 6.45) is -1.09. The van der Waals surface area contributed by atoms with E-state index in [0.717, 1.165) is 5.56 Å². The number of hydrogen-bond donors (Lipinski definition) is 2. The first-order valence-electron chi connectivity index (χ1n) is 8.70. The zero-order valence-electron chi connectivity index (χ0n) is 16.5. The fraction of sp³-hybridized carbons (Fsp3) is 0.474. The lowest BCUT2D eigenvalue weighted by molar-refractivity contribution is -0.817. The molecule has 3 N–H and O–H groups in total. The number of nitrogens with two attached hydrogens (primary N) is 1. The summed E-state index contributed by atoms with van der Waals surface area (Å²) in [5.74, 6) is -2.11. The van der Waals surface area contributed by atoms with Crippen LogP contribution in [-0.4, -0.2) is 66.2 Å². The van der Waals surface area contributed by atoms with Gasteiger partial charge in [-0.3, -0.25) is 18.9 Å². The van der Waals surface area contributed by atoms with Crippen molar-refractivity contribution < 1.29 is 38.2 Å². The Balaban J connectivity index is 2.78. The first-order valence-corrected chi connectivity index (χ1v) is 8.70. The summed E-state index contributed by atoms with van der Waals surface area (Å²) in [5.41, 5.74) is 6.83. The van der Waals surface area contributed by atoms with Crippen LogP contribution in [0.5, 0.6) is 5.75 Å². The molecule has 0 saturated heterocycles. The third kappa shape index (κ3) is 7.85. The average molecular weight is 395 g/mol. The highest BCUT2D eigenvalue weighted by atomic mass is 16.5. The second kappa shape index (κ2) is 9.95. The third-order valence-electron chi connectivity index (χ3n) is 3.95. The Bertz CT molecular complexity index is 712. The van der Waals surface area contributed by atoms with Crippen molar-refractivity contribution in [1.29, 1.82) is 0 Å². The molecule has 0 aliphatic rings. The van der Waals surface area contributed by atoms with Gasteiger partial charge in [-0.05, 0) is 17.7 Å². The van der Waals surface area contributed by atoms with Gasteiger partial charge in [-0.25, -0.2) is 4.79 Å². The second-order valence-corrected chi connectivity index (χ2v) is 7.08. The summed E-state index contributed by atoms with van der Waals surface area (Å²) in [6, 6.07) is 5.78. The first kappa shape index (κ1) is 23.3. The Morgan fingerprint density at radius 1 is 1.07 bits per heavy atom. The number of carbonyl (C=O) groups excluding carboxylic acids is 3. The highest BCUT2D eigenvalue weighted by Gasteiger charge is 2.36. The SMILES string of the molecule is CC(=O)Oc1ccc(CC(N)C(=O)[N+](C)(C)CC(CC(=O)O)OC(C)=O)cc1.